The lowest BCUT2D eigenvalue weighted by Crippen LogP contribution is -2.46. The van der Waals surface area contributed by atoms with Crippen LogP contribution < -0.4 is 10.6 Å². The van der Waals surface area contributed by atoms with Gasteiger partial charge in [-0.25, -0.2) is 9.48 Å². The molecule has 0 aromatic carbocycles. The average Bonchev–Trinajstić information content (AvgIpc) is 2.84. The smallest absolute Gasteiger partial charge is 0.315 e. The predicted octanol–water partition coefficient (Wildman–Crippen LogP) is 1.26. The van der Waals surface area contributed by atoms with Gasteiger partial charge in [-0.1, -0.05) is 5.21 Å². The molecular weight excluding hydrogens is 256 g/mol. The van der Waals surface area contributed by atoms with Crippen LogP contribution in [0.25, 0.3) is 5.69 Å². The minimum absolute atomic E-state index is 0.228. The van der Waals surface area contributed by atoms with E-state index in [0.29, 0.717) is 12.2 Å². The predicted molar refractivity (Wildman–Crippen MR) is 74.3 cm³/mol. The second-order valence-electron chi connectivity index (χ2n) is 5.42. The molecule has 2 rings (SSSR count). The van der Waals surface area contributed by atoms with E-state index >= 15 is 0 Å². The summed E-state index contributed by atoms with van der Waals surface area (Å²) in [6.45, 7) is 6.09. The Balaban J connectivity index is 1.92. The van der Waals surface area contributed by atoms with Crippen LogP contribution in [0.2, 0.25) is 0 Å². The molecule has 2 aromatic heterocycles. The zero-order valence-electron chi connectivity index (χ0n) is 11.8. The van der Waals surface area contributed by atoms with E-state index in [-0.39, 0.29) is 11.6 Å². The molecule has 106 valence electrons. The minimum Gasteiger partial charge on any atom is -0.334 e. The Morgan fingerprint density at radius 2 is 2.20 bits per heavy atom. The Morgan fingerprint density at radius 3 is 2.85 bits per heavy atom. The summed E-state index contributed by atoms with van der Waals surface area (Å²) in [5.74, 6) is 0. The molecule has 0 radical (unpaired) electrons. The Hall–Kier alpha value is -2.44. The van der Waals surface area contributed by atoms with Gasteiger partial charge in [-0.15, -0.1) is 5.10 Å². The number of carbonyl (C=O) groups is 1. The maximum atomic E-state index is 11.6. The molecule has 7 heteroatoms. The van der Waals surface area contributed by atoms with Gasteiger partial charge in [-0.2, -0.15) is 0 Å². The molecule has 7 nitrogen and oxygen atoms in total. The van der Waals surface area contributed by atoms with E-state index in [9.17, 15) is 4.79 Å². The normalized spacial score (nSPS) is 11.2. The van der Waals surface area contributed by atoms with Gasteiger partial charge >= 0.3 is 6.03 Å². The number of aromatic nitrogens is 4. The Labute approximate surface area is 117 Å². The third kappa shape index (κ3) is 4.04. The third-order valence-corrected chi connectivity index (χ3v) is 2.37. The molecule has 2 heterocycles. The van der Waals surface area contributed by atoms with E-state index in [1.54, 1.807) is 23.3 Å². The Morgan fingerprint density at radius 1 is 1.40 bits per heavy atom. The van der Waals surface area contributed by atoms with E-state index in [0.717, 1.165) is 5.69 Å². The molecule has 0 atom stereocenters. The number of amides is 2. The van der Waals surface area contributed by atoms with Crippen LogP contribution >= 0.6 is 0 Å². The number of nitrogens with one attached hydrogen (secondary N) is 2. The number of hydrogen-bond acceptors (Lipinski definition) is 4. The van der Waals surface area contributed by atoms with Crippen molar-refractivity contribution in [1.29, 1.82) is 0 Å². The van der Waals surface area contributed by atoms with Crippen LogP contribution in [-0.2, 0) is 6.54 Å². The summed E-state index contributed by atoms with van der Waals surface area (Å²) in [4.78, 5) is 15.6. The zero-order valence-corrected chi connectivity index (χ0v) is 11.8. The number of rotatable bonds is 3. The molecule has 0 saturated carbocycles. The van der Waals surface area contributed by atoms with Crippen LogP contribution in [0.3, 0.4) is 0 Å². The van der Waals surface area contributed by atoms with Gasteiger partial charge in [0.2, 0.25) is 0 Å². The summed E-state index contributed by atoms with van der Waals surface area (Å²) in [6.07, 6.45) is 5.15. The first-order valence-electron chi connectivity index (χ1n) is 6.32. The highest BCUT2D eigenvalue weighted by atomic mass is 16.2. The van der Waals surface area contributed by atoms with Crippen molar-refractivity contribution >= 4 is 6.03 Å². The minimum atomic E-state index is -0.266. The Bertz CT molecular complexity index is 572. The maximum Gasteiger partial charge on any atom is 0.315 e. The van der Waals surface area contributed by atoms with Crippen molar-refractivity contribution in [1.82, 2.24) is 30.6 Å². The second kappa shape index (κ2) is 5.68. The van der Waals surface area contributed by atoms with Gasteiger partial charge in [0.15, 0.2) is 0 Å². The molecule has 0 aliphatic heterocycles. The summed E-state index contributed by atoms with van der Waals surface area (Å²) < 4.78 is 1.62. The van der Waals surface area contributed by atoms with Crippen molar-refractivity contribution < 1.29 is 4.79 Å². The number of pyridine rings is 1. The van der Waals surface area contributed by atoms with Gasteiger partial charge in [0.1, 0.15) is 5.69 Å². The van der Waals surface area contributed by atoms with Crippen molar-refractivity contribution in [2.24, 2.45) is 0 Å². The van der Waals surface area contributed by atoms with E-state index in [4.69, 9.17) is 0 Å². The molecule has 2 aromatic rings. The van der Waals surface area contributed by atoms with Crippen LogP contribution in [-0.4, -0.2) is 31.5 Å². The monoisotopic (exact) mass is 274 g/mol. The molecule has 0 aliphatic carbocycles. The van der Waals surface area contributed by atoms with Gasteiger partial charge < -0.3 is 10.6 Å². The summed E-state index contributed by atoms with van der Waals surface area (Å²) in [6, 6.07) is 3.48. The van der Waals surface area contributed by atoms with Crippen LogP contribution in [0.1, 0.15) is 26.5 Å². The van der Waals surface area contributed by atoms with E-state index in [2.05, 4.69) is 25.9 Å². The first-order chi connectivity index (χ1) is 9.44. The van der Waals surface area contributed by atoms with Crippen LogP contribution in [0.5, 0.6) is 0 Å². The molecule has 0 fully saturated rings. The number of nitrogens with zero attached hydrogens (tertiary/aromatic N) is 4. The summed E-state index contributed by atoms with van der Waals surface area (Å²) >= 11 is 0. The van der Waals surface area contributed by atoms with Crippen molar-refractivity contribution in [3.05, 3.63) is 36.4 Å². The average molecular weight is 274 g/mol. The Kier molecular flexibility index (Phi) is 3.97. The first kappa shape index (κ1) is 14.0. The fourth-order valence-corrected chi connectivity index (χ4v) is 1.55. The fourth-order valence-electron chi connectivity index (χ4n) is 1.55. The van der Waals surface area contributed by atoms with Crippen molar-refractivity contribution in [2.45, 2.75) is 32.9 Å². The van der Waals surface area contributed by atoms with E-state index < -0.39 is 0 Å². The van der Waals surface area contributed by atoms with Crippen LogP contribution in [0, 0.1) is 0 Å². The summed E-state index contributed by atoms with van der Waals surface area (Å²) in [7, 11) is 0. The van der Waals surface area contributed by atoms with Crippen molar-refractivity contribution in [3.8, 4) is 5.69 Å². The van der Waals surface area contributed by atoms with Gasteiger partial charge in [-0.05, 0) is 32.9 Å². The van der Waals surface area contributed by atoms with Gasteiger partial charge in [-0.3, -0.25) is 4.98 Å². The van der Waals surface area contributed by atoms with E-state index in [1.807, 2.05) is 32.9 Å². The van der Waals surface area contributed by atoms with Gasteiger partial charge in [0.25, 0.3) is 0 Å². The molecule has 2 amide bonds. The molecule has 0 aliphatic rings. The molecule has 2 N–H and O–H groups in total. The fraction of sp³-hybridized carbons (Fsp3) is 0.385. The lowest BCUT2D eigenvalue weighted by Gasteiger charge is -2.20. The van der Waals surface area contributed by atoms with Crippen molar-refractivity contribution in [2.75, 3.05) is 0 Å². The largest absolute Gasteiger partial charge is 0.334 e. The second-order valence-corrected chi connectivity index (χ2v) is 5.42. The number of hydrogen-bond donors (Lipinski definition) is 2. The number of urea groups is 1. The molecular formula is C13H18N6O. The zero-order chi connectivity index (χ0) is 14.6. The van der Waals surface area contributed by atoms with Crippen LogP contribution in [0.4, 0.5) is 4.79 Å². The highest BCUT2D eigenvalue weighted by Crippen LogP contribution is 2.04. The molecule has 20 heavy (non-hydrogen) atoms. The molecule has 0 bridgehead atoms. The molecule has 0 unspecified atom stereocenters. The molecule has 0 spiro atoms. The third-order valence-electron chi connectivity index (χ3n) is 2.37. The van der Waals surface area contributed by atoms with Gasteiger partial charge in [0.05, 0.1) is 24.6 Å². The van der Waals surface area contributed by atoms with Crippen molar-refractivity contribution in [3.63, 3.8) is 0 Å². The van der Waals surface area contributed by atoms with Gasteiger partial charge in [0, 0.05) is 11.7 Å². The first-order valence-corrected chi connectivity index (χ1v) is 6.32. The maximum absolute atomic E-state index is 11.6. The van der Waals surface area contributed by atoms with Crippen LogP contribution in [0.15, 0.2) is 30.7 Å². The summed E-state index contributed by atoms with van der Waals surface area (Å²) in [5.41, 5.74) is 1.24. The summed E-state index contributed by atoms with van der Waals surface area (Å²) in [5, 5.41) is 13.5. The van der Waals surface area contributed by atoms with E-state index in [1.165, 1.54) is 0 Å². The lowest BCUT2D eigenvalue weighted by molar-refractivity contribution is 0.231. The highest BCUT2D eigenvalue weighted by Gasteiger charge is 2.13. The standard InChI is InChI=1S/C13H18N6O/c1-13(2,3)16-12(20)15-7-10-9-19(18-17-10)11-5-4-6-14-8-11/h4-6,8-9H,7H2,1-3H3,(H2,15,16,20). The topological polar surface area (TPSA) is 84.7 Å². The quantitative estimate of drug-likeness (QED) is 0.882. The lowest BCUT2D eigenvalue weighted by atomic mass is 10.1. The molecule has 0 saturated heterocycles. The SMILES string of the molecule is CC(C)(C)NC(=O)NCc1cn(-c2cccnc2)nn1. The highest BCUT2D eigenvalue weighted by molar-refractivity contribution is 5.74. The number of carbonyl (C=O) groups excluding carboxylic acids is 1.